The van der Waals surface area contributed by atoms with Gasteiger partial charge in [-0.1, -0.05) is 31.9 Å². The average Bonchev–Trinajstić information content (AvgIpc) is 2.35. The van der Waals surface area contributed by atoms with Crippen LogP contribution in [0, 0.1) is 0 Å². The van der Waals surface area contributed by atoms with Gasteiger partial charge in [-0.25, -0.2) is 0 Å². The smallest absolute Gasteiger partial charge is 0.252 e. The molecule has 5 heteroatoms. The van der Waals surface area contributed by atoms with Crippen molar-refractivity contribution in [3.8, 4) is 0 Å². The molecule has 1 aromatic rings. The Kier molecular flexibility index (Phi) is 5.27. The molecular weight excluding hydrogens is 426 g/mol. The molecule has 2 rings (SSSR count). The van der Waals surface area contributed by atoms with Crippen molar-refractivity contribution in [1.29, 1.82) is 0 Å². The number of benzene rings is 1. The first-order valence-electron chi connectivity index (χ1n) is 5.96. The van der Waals surface area contributed by atoms with Crippen LogP contribution >= 0.6 is 47.8 Å². The molecule has 0 heterocycles. The van der Waals surface area contributed by atoms with Gasteiger partial charge in [0.05, 0.1) is 5.56 Å². The van der Waals surface area contributed by atoms with E-state index in [0.29, 0.717) is 16.4 Å². The number of hydrogen-bond donors (Lipinski definition) is 1. The van der Waals surface area contributed by atoms with Gasteiger partial charge in [0, 0.05) is 19.8 Å². The van der Waals surface area contributed by atoms with Gasteiger partial charge in [0.1, 0.15) is 0 Å². The van der Waals surface area contributed by atoms with E-state index < -0.39 is 0 Å². The van der Waals surface area contributed by atoms with Crippen LogP contribution in [-0.2, 0) is 0 Å². The molecule has 18 heavy (non-hydrogen) atoms. The number of carbonyl (C=O) groups excluding carboxylic acids is 1. The Morgan fingerprint density at radius 1 is 1.17 bits per heavy atom. The van der Waals surface area contributed by atoms with Gasteiger partial charge < -0.3 is 5.32 Å². The fourth-order valence-corrected chi connectivity index (χ4v) is 3.45. The number of carbonyl (C=O) groups is 1. The van der Waals surface area contributed by atoms with Crippen molar-refractivity contribution in [3.63, 3.8) is 0 Å². The predicted molar refractivity (Wildman–Crippen MR) is 84.3 cm³/mol. The molecule has 0 radical (unpaired) electrons. The van der Waals surface area contributed by atoms with Gasteiger partial charge in [-0.15, -0.1) is 0 Å². The maximum atomic E-state index is 12.2. The standard InChI is InChI=1S/C13H14Br3NO/c14-8-1-4-10(5-2-8)17-13(18)11-7-9(15)3-6-12(11)16/h3,6-8,10H,1-2,4-5H2,(H,17,18). The maximum Gasteiger partial charge on any atom is 0.252 e. The van der Waals surface area contributed by atoms with Crippen LogP contribution in [0.15, 0.2) is 27.1 Å². The Morgan fingerprint density at radius 3 is 2.50 bits per heavy atom. The normalized spacial score (nSPS) is 23.7. The lowest BCUT2D eigenvalue weighted by atomic mass is 9.95. The minimum atomic E-state index is 0.00111. The second-order valence-corrected chi connectivity index (χ2v) is 7.61. The highest BCUT2D eigenvalue weighted by Crippen LogP contribution is 2.26. The van der Waals surface area contributed by atoms with Crippen LogP contribution in [0.5, 0.6) is 0 Å². The lowest BCUT2D eigenvalue weighted by Crippen LogP contribution is -2.37. The Balaban J connectivity index is 2.01. The summed E-state index contributed by atoms with van der Waals surface area (Å²) in [6.45, 7) is 0. The molecule has 1 N–H and O–H groups in total. The van der Waals surface area contributed by atoms with E-state index in [9.17, 15) is 4.79 Å². The second kappa shape index (κ2) is 6.53. The van der Waals surface area contributed by atoms with Crippen LogP contribution in [0.25, 0.3) is 0 Å². The largest absolute Gasteiger partial charge is 0.349 e. The summed E-state index contributed by atoms with van der Waals surface area (Å²) >= 11 is 10.4. The van der Waals surface area contributed by atoms with Crippen LogP contribution in [0.3, 0.4) is 0 Å². The second-order valence-electron chi connectivity index (χ2n) is 4.55. The van der Waals surface area contributed by atoms with Gasteiger partial charge >= 0.3 is 0 Å². The summed E-state index contributed by atoms with van der Waals surface area (Å²) in [6.07, 6.45) is 4.36. The molecule has 98 valence electrons. The van der Waals surface area contributed by atoms with Crippen molar-refractivity contribution in [1.82, 2.24) is 5.32 Å². The van der Waals surface area contributed by atoms with Gasteiger partial charge in [0.15, 0.2) is 0 Å². The number of alkyl halides is 1. The molecule has 0 atom stereocenters. The summed E-state index contributed by atoms with van der Waals surface area (Å²) in [6, 6.07) is 5.94. The number of amides is 1. The van der Waals surface area contributed by atoms with E-state index >= 15 is 0 Å². The van der Waals surface area contributed by atoms with E-state index in [1.165, 1.54) is 0 Å². The van der Waals surface area contributed by atoms with E-state index in [0.717, 1.165) is 34.6 Å². The highest BCUT2D eigenvalue weighted by Gasteiger charge is 2.21. The summed E-state index contributed by atoms with van der Waals surface area (Å²) in [5.74, 6) is 0.00111. The van der Waals surface area contributed by atoms with Crippen LogP contribution in [0.1, 0.15) is 36.0 Å². The van der Waals surface area contributed by atoms with E-state index in [4.69, 9.17) is 0 Å². The Labute approximate surface area is 132 Å². The van der Waals surface area contributed by atoms with Gasteiger partial charge in [-0.3, -0.25) is 4.79 Å². The molecule has 1 aliphatic carbocycles. The van der Waals surface area contributed by atoms with Crippen molar-refractivity contribution in [2.45, 2.75) is 36.6 Å². The van der Waals surface area contributed by atoms with Crippen LogP contribution in [0.4, 0.5) is 0 Å². The average molecular weight is 440 g/mol. The van der Waals surface area contributed by atoms with Crippen molar-refractivity contribution in [2.24, 2.45) is 0 Å². The predicted octanol–water partition coefficient (Wildman–Crippen LogP) is 4.65. The quantitative estimate of drug-likeness (QED) is 0.668. The van der Waals surface area contributed by atoms with Crippen LogP contribution < -0.4 is 5.32 Å². The molecule has 2 nitrogen and oxygen atoms in total. The summed E-state index contributed by atoms with van der Waals surface area (Å²) in [7, 11) is 0. The zero-order chi connectivity index (χ0) is 13.1. The van der Waals surface area contributed by atoms with Crippen molar-refractivity contribution >= 4 is 53.7 Å². The molecule has 1 amide bonds. The van der Waals surface area contributed by atoms with Crippen LogP contribution in [-0.4, -0.2) is 16.8 Å². The minimum absolute atomic E-state index is 0.00111. The first kappa shape index (κ1) is 14.5. The zero-order valence-corrected chi connectivity index (χ0v) is 14.5. The lowest BCUT2D eigenvalue weighted by Gasteiger charge is -2.26. The molecule has 1 fully saturated rings. The van der Waals surface area contributed by atoms with E-state index in [2.05, 4.69) is 53.1 Å². The van der Waals surface area contributed by atoms with E-state index in [-0.39, 0.29) is 5.91 Å². The number of hydrogen-bond acceptors (Lipinski definition) is 1. The zero-order valence-electron chi connectivity index (χ0n) is 9.76. The number of nitrogens with one attached hydrogen (secondary N) is 1. The first-order chi connectivity index (χ1) is 8.56. The number of rotatable bonds is 2. The molecular formula is C13H14Br3NO. The van der Waals surface area contributed by atoms with E-state index in [1.807, 2.05) is 18.2 Å². The molecule has 0 saturated heterocycles. The third-order valence-corrected chi connectivity index (χ3v) is 5.27. The minimum Gasteiger partial charge on any atom is -0.349 e. The van der Waals surface area contributed by atoms with Crippen molar-refractivity contribution < 1.29 is 4.79 Å². The topological polar surface area (TPSA) is 29.1 Å². The monoisotopic (exact) mass is 437 g/mol. The summed E-state index contributed by atoms with van der Waals surface area (Å²) in [4.78, 5) is 12.8. The van der Waals surface area contributed by atoms with Gasteiger partial charge in [0.2, 0.25) is 0 Å². The SMILES string of the molecule is O=C(NC1CCC(Br)CC1)c1cc(Br)ccc1Br. The molecule has 0 spiro atoms. The molecule has 0 bridgehead atoms. The van der Waals surface area contributed by atoms with Gasteiger partial charge in [-0.05, 0) is 59.8 Å². The lowest BCUT2D eigenvalue weighted by molar-refractivity contribution is 0.0927. The van der Waals surface area contributed by atoms with Gasteiger partial charge in [0.25, 0.3) is 5.91 Å². The van der Waals surface area contributed by atoms with Crippen molar-refractivity contribution in [2.75, 3.05) is 0 Å². The fraction of sp³-hybridized carbons (Fsp3) is 0.462. The molecule has 0 unspecified atom stereocenters. The summed E-state index contributed by atoms with van der Waals surface area (Å²) in [5.41, 5.74) is 0.686. The third-order valence-electron chi connectivity index (χ3n) is 3.16. The Hall–Kier alpha value is 0.130. The maximum absolute atomic E-state index is 12.2. The highest BCUT2D eigenvalue weighted by molar-refractivity contribution is 9.11. The van der Waals surface area contributed by atoms with Gasteiger partial charge in [-0.2, -0.15) is 0 Å². The molecule has 1 aliphatic rings. The Morgan fingerprint density at radius 2 is 1.83 bits per heavy atom. The first-order valence-corrected chi connectivity index (χ1v) is 8.46. The molecule has 0 aromatic heterocycles. The third kappa shape index (κ3) is 3.81. The van der Waals surface area contributed by atoms with Crippen LogP contribution in [0.2, 0.25) is 0 Å². The summed E-state index contributed by atoms with van der Waals surface area (Å²) < 4.78 is 1.75. The highest BCUT2D eigenvalue weighted by atomic mass is 79.9. The fourth-order valence-electron chi connectivity index (χ4n) is 2.13. The molecule has 1 aromatic carbocycles. The Bertz CT molecular complexity index is 442. The van der Waals surface area contributed by atoms with E-state index in [1.54, 1.807) is 0 Å². The number of halogens is 3. The van der Waals surface area contributed by atoms with Crippen molar-refractivity contribution in [3.05, 3.63) is 32.7 Å². The summed E-state index contributed by atoms with van der Waals surface area (Å²) in [5, 5.41) is 3.11. The molecule has 1 saturated carbocycles. The molecule has 0 aliphatic heterocycles.